The lowest BCUT2D eigenvalue weighted by Gasteiger charge is -2.38. The van der Waals surface area contributed by atoms with E-state index < -0.39 is 11.9 Å². The maximum atomic E-state index is 11.6. The Morgan fingerprint density at radius 2 is 2.10 bits per heavy atom. The van der Waals surface area contributed by atoms with Gasteiger partial charge in [0, 0.05) is 6.54 Å². The lowest BCUT2D eigenvalue weighted by Crippen LogP contribution is -2.33. The molecule has 1 saturated carbocycles. The molecule has 1 aliphatic rings. The molecule has 20 heavy (non-hydrogen) atoms. The number of hydrogen-bond acceptors (Lipinski definition) is 6. The summed E-state index contributed by atoms with van der Waals surface area (Å²) < 4.78 is 4.65. The molecule has 110 valence electrons. The molecular weight excluding hydrogens is 278 g/mol. The predicted molar refractivity (Wildman–Crippen MR) is 79.0 cm³/mol. The minimum atomic E-state index is -0.643. The third kappa shape index (κ3) is 2.58. The first kappa shape index (κ1) is 14.6. The summed E-state index contributed by atoms with van der Waals surface area (Å²) in [6.07, 6.45) is 3.52. The zero-order valence-corrected chi connectivity index (χ0v) is 12.4. The molecular formula is C13H19N3O3S. The topological polar surface area (TPSA) is 107 Å². The van der Waals surface area contributed by atoms with E-state index >= 15 is 0 Å². The molecule has 7 heteroatoms. The second kappa shape index (κ2) is 5.32. The molecule has 1 amide bonds. The number of methoxy groups -OCH3 is 1. The first-order valence-electron chi connectivity index (χ1n) is 6.42. The summed E-state index contributed by atoms with van der Waals surface area (Å²) in [4.78, 5) is 23.4. The van der Waals surface area contributed by atoms with Gasteiger partial charge in [-0.1, -0.05) is 13.3 Å². The second-order valence-electron chi connectivity index (χ2n) is 5.42. The van der Waals surface area contributed by atoms with Crippen LogP contribution < -0.4 is 16.8 Å². The Hall–Kier alpha value is -1.76. The fourth-order valence-electron chi connectivity index (χ4n) is 2.31. The summed E-state index contributed by atoms with van der Waals surface area (Å²) in [5.74, 6) is -1.20. The van der Waals surface area contributed by atoms with E-state index in [1.54, 1.807) is 0 Å². The van der Waals surface area contributed by atoms with Gasteiger partial charge in [0.25, 0.3) is 5.91 Å². The van der Waals surface area contributed by atoms with Crippen LogP contribution in [-0.4, -0.2) is 25.5 Å². The van der Waals surface area contributed by atoms with Crippen LogP contribution in [0.1, 0.15) is 46.2 Å². The average molecular weight is 297 g/mol. The molecule has 6 nitrogen and oxygen atoms in total. The molecule has 1 fully saturated rings. The van der Waals surface area contributed by atoms with Crippen molar-refractivity contribution >= 4 is 33.9 Å². The molecule has 1 aromatic heterocycles. The van der Waals surface area contributed by atoms with Crippen molar-refractivity contribution in [3.8, 4) is 0 Å². The van der Waals surface area contributed by atoms with Crippen molar-refractivity contribution < 1.29 is 14.3 Å². The molecule has 1 aliphatic carbocycles. The van der Waals surface area contributed by atoms with Crippen LogP contribution in [-0.2, 0) is 4.74 Å². The maximum Gasteiger partial charge on any atom is 0.350 e. The van der Waals surface area contributed by atoms with E-state index in [-0.39, 0.29) is 21.5 Å². The van der Waals surface area contributed by atoms with E-state index in [1.165, 1.54) is 13.5 Å². The third-order valence-corrected chi connectivity index (χ3v) is 4.94. The summed E-state index contributed by atoms with van der Waals surface area (Å²) in [6.45, 7) is 2.92. The summed E-state index contributed by atoms with van der Waals surface area (Å²) in [7, 11) is 1.27. The SMILES string of the molecule is COC(=O)c1sc(NCC2(C)CCC2)c(C(N)=O)c1N. The lowest BCUT2D eigenvalue weighted by molar-refractivity contribution is 0.0607. The molecule has 0 aromatic carbocycles. The Bertz CT molecular complexity index is 549. The van der Waals surface area contributed by atoms with Gasteiger partial charge < -0.3 is 21.5 Å². The number of nitrogens with one attached hydrogen (secondary N) is 1. The minimum Gasteiger partial charge on any atom is -0.465 e. The fraction of sp³-hybridized carbons (Fsp3) is 0.538. The van der Waals surface area contributed by atoms with Gasteiger partial charge in [-0.15, -0.1) is 11.3 Å². The Kier molecular flexibility index (Phi) is 3.89. The molecule has 0 spiro atoms. The number of nitrogen functional groups attached to an aromatic ring is 1. The van der Waals surface area contributed by atoms with E-state index in [0.29, 0.717) is 5.00 Å². The van der Waals surface area contributed by atoms with Gasteiger partial charge in [0.2, 0.25) is 0 Å². The molecule has 0 unspecified atom stereocenters. The summed E-state index contributed by atoms with van der Waals surface area (Å²) in [6, 6.07) is 0. The Balaban J connectivity index is 2.26. The number of primary amides is 1. The second-order valence-corrected chi connectivity index (χ2v) is 6.44. The summed E-state index contributed by atoms with van der Waals surface area (Å²) in [5.41, 5.74) is 11.7. The van der Waals surface area contributed by atoms with E-state index in [1.807, 2.05) is 0 Å². The van der Waals surface area contributed by atoms with Crippen LogP contribution in [0.5, 0.6) is 0 Å². The summed E-state index contributed by atoms with van der Waals surface area (Å²) >= 11 is 1.11. The van der Waals surface area contributed by atoms with Crippen molar-refractivity contribution in [2.75, 3.05) is 24.7 Å². The van der Waals surface area contributed by atoms with Gasteiger partial charge in [-0.2, -0.15) is 0 Å². The average Bonchev–Trinajstić information content (AvgIpc) is 2.70. The van der Waals surface area contributed by atoms with Crippen LogP contribution in [0.2, 0.25) is 0 Å². The van der Waals surface area contributed by atoms with Crippen molar-refractivity contribution in [3.05, 3.63) is 10.4 Å². The zero-order chi connectivity index (χ0) is 14.9. The van der Waals surface area contributed by atoms with E-state index in [4.69, 9.17) is 11.5 Å². The van der Waals surface area contributed by atoms with E-state index in [9.17, 15) is 9.59 Å². The highest BCUT2D eigenvalue weighted by Crippen LogP contribution is 2.42. The number of carbonyl (C=O) groups excluding carboxylic acids is 2. The largest absolute Gasteiger partial charge is 0.465 e. The lowest BCUT2D eigenvalue weighted by atomic mass is 9.70. The van der Waals surface area contributed by atoms with Gasteiger partial charge in [0.05, 0.1) is 18.4 Å². The standard InChI is InChI=1S/C13H19N3O3S/c1-13(4-3-5-13)6-16-11-7(10(15)17)8(14)9(20-11)12(18)19-2/h16H,3-6,14H2,1-2H3,(H2,15,17). The highest BCUT2D eigenvalue weighted by atomic mass is 32.1. The van der Waals surface area contributed by atoms with Gasteiger partial charge >= 0.3 is 5.97 Å². The number of thiophene rings is 1. The van der Waals surface area contributed by atoms with Crippen LogP contribution >= 0.6 is 11.3 Å². The van der Waals surface area contributed by atoms with Gasteiger partial charge in [0.15, 0.2) is 0 Å². The number of esters is 1. The molecule has 0 radical (unpaired) electrons. The number of ether oxygens (including phenoxy) is 1. The number of rotatable bonds is 5. The zero-order valence-electron chi connectivity index (χ0n) is 11.6. The van der Waals surface area contributed by atoms with Gasteiger partial charge in [-0.3, -0.25) is 4.79 Å². The first-order chi connectivity index (χ1) is 9.38. The van der Waals surface area contributed by atoms with Crippen LogP contribution in [0.15, 0.2) is 0 Å². The van der Waals surface area contributed by atoms with Gasteiger partial charge in [-0.25, -0.2) is 4.79 Å². The molecule has 1 aromatic rings. The highest BCUT2D eigenvalue weighted by Gasteiger charge is 2.32. The molecule has 2 rings (SSSR count). The van der Waals surface area contributed by atoms with Crippen molar-refractivity contribution in [1.82, 2.24) is 0 Å². The predicted octanol–water partition coefficient (Wildman–Crippen LogP) is 1.82. The first-order valence-corrected chi connectivity index (χ1v) is 7.24. The van der Waals surface area contributed by atoms with Crippen molar-refractivity contribution in [1.29, 1.82) is 0 Å². The minimum absolute atomic E-state index is 0.0932. The van der Waals surface area contributed by atoms with Gasteiger partial charge in [-0.05, 0) is 18.3 Å². The Morgan fingerprint density at radius 1 is 1.45 bits per heavy atom. The van der Waals surface area contributed by atoms with E-state index in [0.717, 1.165) is 30.7 Å². The molecule has 5 N–H and O–H groups in total. The van der Waals surface area contributed by atoms with Crippen LogP contribution in [0.25, 0.3) is 0 Å². The quantitative estimate of drug-likeness (QED) is 0.718. The number of anilines is 2. The number of nitrogens with two attached hydrogens (primary N) is 2. The smallest absolute Gasteiger partial charge is 0.350 e. The third-order valence-electron chi connectivity index (χ3n) is 3.80. The van der Waals surface area contributed by atoms with Crippen LogP contribution in [0, 0.1) is 5.41 Å². The fourth-order valence-corrected chi connectivity index (χ4v) is 3.35. The Labute approximate surface area is 121 Å². The van der Waals surface area contributed by atoms with Gasteiger partial charge in [0.1, 0.15) is 9.88 Å². The molecule has 1 heterocycles. The van der Waals surface area contributed by atoms with Crippen molar-refractivity contribution in [2.45, 2.75) is 26.2 Å². The van der Waals surface area contributed by atoms with Crippen molar-refractivity contribution in [2.24, 2.45) is 11.1 Å². The number of amides is 1. The molecule has 0 atom stereocenters. The highest BCUT2D eigenvalue weighted by molar-refractivity contribution is 7.19. The molecule has 0 aliphatic heterocycles. The number of carbonyl (C=O) groups is 2. The van der Waals surface area contributed by atoms with Crippen LogP contribution in [0.4, 0.5) is 10.7 Å². The normalized spacial score (nSPS) is 16.3. The van der Waals surface area contributed by atoms with E-state index in [2.05, 4.69) is 17.0 Å². The van der Waals surface area contributed by atoms with Crippen molar-refractivity contribution in [3.63, 3.8) is 0 Å². The maximum absolute atomic E-state index is 11.6. The monoisotopic (exact) mass is 297 g/mol. The molecule has 0 saturated heterocycles. The Morgan fingerprint density at radius 3 is 2.55 bits per heavy atom. The summed E-state index contributed by atoms with van der Waals surface area (Å²) in [5, 5.41) is 3.75. The number of hydrogen-bond donors (Lipinski definition) is 3. The molecule has 0 bridgehead atoms. The van der Waals surface area contributed by atoms with Crippen LogP contribution in [0.3, 0.4) is 0 Å².